The lowest BCUT2D eigenvalue weighted by Gasteiger charge is -2.55. The van der Waals surface area contributed by atoms with Crippen LogP contribution in [0.15, 0.2) is 18.2 Å². The summed E-state index contributed by atoms with van der Waals surface area (Å²) in [5, 5.41) is 10.5. The van der Waals surface area contributed by atoms with Gasteiger partial charge in [-0.15, -0.1) is 0 Å². The summed E-state index contributed by atoms with van der Waals surface area (Å²) in [6, 6.07) is 1.76. The van der Waals surface area contributed by atoms with Gasteiger partial charge >= 0.3 is 0 Å². The molecule has 0 radical (unpaired) electrons. The van der Waals surface area contributed by atoms with E-state index in [4.69, 9.17) is 4.74 Å². The van der Waals surface area contributed by atoms with E-state index in [2.05, 4.69) is 11.9 Å². The molecular formula is C19H19NO4. The number of hydrogen-bond donors (Lipinski definition) is 1. The molecule has 4 aliphatic rings. The van der Waals surface area contributed by atoms with E-state index in [1.165, 1.54) is 13.0 Å². The molecule has 1 fully saturated rings. The largest absolute Gasteiger partial charge is 0.504 e. The summed E-state index contributed by atoms with van der Waals surface area (Å²) in [5.41, 5.74) is 2.02. The van der Waals surface area contributed by atoms with Crippen LogP contribution in [0.25, 0.3) is 0 Å². The second kappa shape index (κ2) is 4.28. The first-order valence-electron chi connectivity index (χ1n) is 8.44. The van der Waals surface area contributed by atoms with Crippen molar-refractivity contribution in [1.82, 2.24) is 4.90 Å². The molecule has 124 valence electrons. The van der Waals surface area contributed by atoms with Crippen molar-refractivity contribution in [3.63, 3.8) is 0 Å². The predicted octanol–water partition coefficient (Wildman–Crippen LogP) is 1.61. The normalized spacial score (nSPS) is 35.6. The van der Waals surface area contributed by atoms with E-state index in [1.54, 1.807) is 6.08 Å². The van der Waals surface area contributed by atoms with Crippen LogP contribution in [-0.2, 0) is 16.6 Å². The fourth-order valence-corrected chi connectivity index (χ4v) is 5.48. The number of carbonyl (C=O) groups excluding carboxylic acids is 2. The van der Waals surface area contributed by atoms with Gasteiger partial charge in [-0.2, -0.15) is 0 Å². The van der Waals surface area contributed by atoms with E-state index in [0.29, 0.717) is 11.3 Å². The third kappa shape index (κ3) is 1.41. The molecule has 4 atom stereocenters. The first-order valence-corrected chi connectivity index (χ1v) is 8.44. The molecule has 2 aliphatic carbocycles. The third-order valence-electron chi connectivity index (χ3n) is 6.51. The zero-order chi connectivity index (χ0) is 16.8. The summed E-state index contributed by atoms with van der Waals surface area (Å²) in [5.74, 6) is 0.480. The van der Waals surface area contributed by atoms with Gasteiger partial charge < -0.3 is 14.7 Å². The van der Waals surface area contributed by atoms with Gasteiger partial charge in [-0.05, 0) is 51.1 Å². The Hall–Kier alpha value is -2.14. The van der Waals surface area contributed by atoms with Crippen LogP contribution in [0, 0.1) is 5.92 Å². The molecule has 2 bridgehead atoms. The van der Waals surface area contributed by atoms with Gasteiger partial charge in [0.2, 0.25) is 0 Å². The number of phenols is 1. The smallest absolute Gasteiger partial charge is 0.196 e. The van der Waals surface area contributed by atoms with Gasteiger partial charge in [0.15, 0.2) is 29.2 Å². The lowest BCUT2D eigenvalue weighted by atomic mass is 9.53. The number of nitrogens with zero attached hydrogens (tertiary/aromatic N) is 1. The molecule has 1 aromatic carbocycles. The highest BCUT2D eigenvalue weighted by Crippen LogP contribution is 2.62. The average molecular weight is 325 g/mol. The Bertz CT molecular complexity index is 842. The number of hydrogen-bond acceptors (Lipinski definition) is 5. The molecule has 2 heterocycles. The Morgan fingerprint density at radius 1 is 1.46 bits per heavy atom. The minimum Gasteiger partial charge on any atom is -0.504 e. The van der Waals surface area contributed by atoms with Crippen molar-refractivity contribution in [3.8, 4) is 11.5 Å². The van der Waals surface area contributed by atoms with Crippen molar-refractivity contribution < 1.29 is 19.4 Å². The number of rotatable bonds is 1. The zero-order valence-corrected chi connectivity index (χ0v) is 13.7. The number of ketones is 2. The number of ether oxygens (including phenoxy) is 1. The molecule has 5 heteroatoms. The van der Waals surface area contributed by atoms with Crippen molar-refractivity contribution in [1.29, 1.82) is 0 Å². The topological polar surface area (TPSA) is 66.8 Å². The highest BCUT2D eigenvalue weighted by Gasteiger charge is 2.64. The quantitative estimate of drug-likeness (QED) is 0.795. The van der Waals surface area contributed by atoms with E-state index in [-0.39, 0.29) is 29.3 Å². The van der Waals surface area contributed by atoms with Gasteiger partial charge in [-0.25, -0.2) is 0 Å². The zero-order valence-electron chi connectivity index (χ0n) is 13.7. The fourth-order valence-electron chi connectivity index (χ4n) is 5.48. The lowest BCUT2D eigenvalue weighted by Crippen LogP contribution is -2.64. The summed E-state index contributed by atoms with van der Waals surface area (Å²) < 4.78 is 6.01. The van der Waals surface area contributed by atoms with Crippen LogP contribution >= 0.6 is 0 Å². The molecule has 1 N–H and O–H groups in total. The Kier molecular flexibility index (Phi) is 2.53. The van der Waals surface area contributed by atoms with E-state index >= 15 is 0 Å². The molecule has 24 heavy (non-hydrogen) atoms. The average Bonchev–Trinajstić information content (AvgIpc) is 2.89. The minimum atomic E-state index is -0.578. The number of aromatic hydroxyl groups is 1. The van der Waals surface area contributed by atoms with Gasteiger partial charge in [-0.3, -0.25) is 9.59 Å². The Morgan fingerprint density at radius 2 is 2.25 bits per heavy atom. The van der Waals surface area contributed by atoms with Crippen LogP contribution in [0.4, 0.5) is 0 Å². The van der Waals surface area contributed by atoms with Gasteiger partial charge in [0, 0.05) is 23.1 Å². The summed E-state index contributed by atoms with van der Waals surface area (Å²) in [4.78, 5) is 27.1. The Balaban J connectivity index is 1.89. The maximum Gasteiger partial charge on any atom is 0.196 e. The molecule has 0 aromatic heterocycles. The van der Waals surface area contributed by atoms with Crippen LogP contribution in [0.2, 0.25) is 0 Å². The molecule has 1 aromatic rings. The fraction of sp³-hybridized carbons (Fsp3) is 0.474. The summed E-state index contributed by atoms with van der Waals surface area (Å²) in [6.45, 7) is 2.41. The number of likely N-dealkylation sites (tertiary alicyclic amines) is 1. The third-order valence-corrected chi connectivity index (χ3v) is 6.51. The standard InChI is InChI=1S/C19H19NO4/c1-9(21)10-8-15(23)17-16-11(10)7-13-12-3-4-14(22)18(24-17)19(12,16)5-6-20(13)2/h3-4,8,12-13,18,23H,5-7H2,1-2H3/t12-,13+,18-,19-/m0/s1. The SMILES string of the molecule is CC(=O)c1cc(O)c2c3c1C[C@@H]1[C@@H]4C=CC(=O)[C@H](O2)[C@]34CCN1C. The number of piperidine rings is 1. The molecule has 0 saturated carbocycles. The van der Waals surface area contributed by atoms with Crippen LogP contribution < -0.4 is 4.74 Å². The van der Waals surface area contributed by atoms with Crippen LogP contribution in [-0.4, -0.2) is 47.3 Å². The summed E-state index contributed by atoms with van der Waals surface area (Å²) in [6.07, 6.45) is 4.63. The number of likely N-dealkylation sites (N-methyl/N-ethyl adjacent to an activating group) is 1. The van der Waals surface area contributed by atoms with Crippen molar-refractivity contribution in [2.75, 3.05) is 13.6 Å². The van der Waals surface area contributed by atoms with E-state index in [0.717, 1.165) is 30.5 Å². The van der Waals surface area contributed by atoms with Gasteiger partial charge in [0.25, 0.3) is 0 Å². The molecule has 0 amide bonds. The van der Waals surface area contributed by atoms with Gasteiger partial charge in [0.1, 0.15) is 0 Å². The van der Waals surface area contributed by atoms with Crippen LogP contribution in [0.5, 0.6) is 11.5 Å². The van der Waals surface area contributed by atoms with Crippen molar-refractivity contribution >= 4 is 11.6 Å². The highest BCUT2D eigenvalue weighted by molar-refractivity contribution is 6.00. The maximum absolute atomic E-state index is 12.6. The molecule has 1 saturated heterocycles. The maximum atomic E-state index is 12.6. The molecule has 0 unspecified atom stereocenters. The molecule has 5 rings (SSSR count). The second-order valence-electron chi connectivity index (χ2n) is 7.51. The van der Waals surface area contributed by atoms with E-state index < -0.39 is 11.5 Å². The first kappa shape index (κ1) is 14.2. The van der Waals surface area contributed by atoms with Crippen LogP contribution in [0.3, 0.4) is 0 Å². The molecular weight excluding hydrogens is 306 g/mol. The van der Waals surface area contributed by atoms with Crippen molar-refractivity contribution in [2.45, 2.75) is 37.3 Å². The Morgan fingerprint density at radius 3 is 3.00 bits per heavy atom. The minimum absolute atomic E-state index is 0.0216. The summed E-state index contributed by atoms with van der Waals surface area (Å²) in [7, 11) is 2.10. The molecule has 2 aliphatic heterocycles. The van der Waals surface area contributed by atoms with Gasteiger partial charge in [0.05, 0.1) is 5.41 Å². The van der Waals surface area contributed by atoms with E-state index in [9.17, 15) is 14.7 Å². The number of phenolic OH excluding ortho intramolecular Hbond substituents is 1. The molecule has 1 spiro atoms. The van der Waals surface area contributed by atoms with Crippen molar-refractivity contribution in [2.24, 2.45) is 5.92 Å². The first-order chi connectivity index (χ1) is 11.4. The predicted molar refractivity (Wildman–Crippen MR) is 86.6 cm³/mol. The number of benzene rings is 1. The lowest BCUT2D eigenvalue weighted by molar-refractivity contribution is -0.127. The monoisotopic (exact) mass is 325 g/mol. The van der Waals surface area contributed by atoms with Crippen LogP contribution in [0.1, 0.15) is 34.8 Å². The molecule has 5 nitrogen and oxygen atoms in total. The number of Topliss-reactive ketones (excluding diaryl/α,β-unsaturated/α-hetero) is 1. The van der Waals surface area contributed by atoms with Gasteiger partial charge in [-0.1, -0.05) is 6.08 Å². The van der Waals surface area contributed by atoms with Crippen molar-refractivity contribution in [3.05, 3.63) is 34.9 Å². The number of carbonyl (C=O) groups is 2. The Labute approximate surface area is 139 Å². The highest BCUT2D eigenvalue weighted by atomic mass is 16.5. The van der Waals surface area contributed by atoms with E-state index in [1.807, 2.05) is 6.08 Å². The summed E-state index contributed by atoms with van der Waals surface area (Å²) >= 11 is 0. The second-order valence-corrected chi connectivity index (χ2v) is 7.51.